The lowest BCUT2D eigenvalue weighted by atomic mass is 10.4. The zero-order valence-corrected chi connectivity index (χ0v) is 12.0. The van der Waals surface area contributed by atoms with Crippen molar-refractivity contribution in [3.05, 3.63) is 30.6 Å². The number of nitrogens with zero attached hydrogens (tertiary/aromatic N) is 3. The third kappa shape index (κ3) is 7.28. The zero-order valence-electron chi connectivity index (χ0n) is 12.0. The van der Waals surface area contributed by atoms with Gasteiger partial charge in [0, 0.05) is 38.6 Å². The van der Waals surface area contributed by atoms with Crippen LogP contribution in [0.4, 0.5) is 0 Å². The van der Waals surface area contributed by atoms with Crippen molar-refractivity contribution in [3.63, 3.8) is 0 Å². The molecule has 0 spiro atoms. The van der Waals surface area contributed by atoms with Crippen LogP contribution in [-0.2, 0) is 6.54 Å². The van der Waals surface area contributed by atoms with E-state index in [1.165, 1.54) is 0 Å². The van der Waals surface area contributed by atoms with Gasteiger partial charge in [-0.1, -0.05) is 12.2 Å². The first kappa shape index (κ1) is 15.3. The number of aryl methyl sites for hydroxylation is 1. The largest absolute Gasteiger partial charge is 0.357 e. The second-order valence-electron chi connectivity index (χ2n) is 4.17. The highest BCUT2D eigenvalue weighted by Gasteiger charge is 1.95. The Morgan fingerprint density at radius 2 is 2.32 bits per heavy atom. The highest BCUT2D eigenvalue weighted by atomic mass is 15.3. The molecule has 0 aliphatic rings. The molecule has 0 radical (unpaired) electrons. The highest BCUT2D eigenvalue weighted by Crippen LogP contribution is 1.90. The molecule has 0 unspecified atom stereocenters. The van der Waals surface area contributed by atoms with Gasteiger partial charge in [0.1, 0.15) is 0 Å². The first-order valence-corrected chi connectivity index (χ1v) is 6.97. The topological polar surface area (TPSA) is 54.2 Å². The normalized spacial score (nSPS) is 12.0. The number of hydrogen-bond donors (Lipinski definition) is 2. The summed E-state index contributed by atoms with van der Waals surface area (Å²) in [5, 5.41) is 10.7. The smallest absolute Gasteiger partial charge is 0.191 e. The molecule has 106 valence electrons. The minimum Gasteiger partial charge on any atom is -0.357 e. The van der Waals surface area contributed by atoms with E-state index in [-0.39, 0.29) is 0 Å². The molecule has 2 N–H and O–H groups in total. The molecule has 1 heterocycles. The van der Waals surface area contributed by atoms with Crippen LogP contribution in [0.5, 0.6) is 0 Å². The fraction of sp³-hybridized carbons (Fsp3) is 0.571. The van der Waals surface area contributed by atoms with Gasteiger partial charge in [-0.25, -0.2) is 0 Å². The van der Waals surface area contributed by atoms with Crippen LogP contribution >= 0.6 is 0 Å². The predicted octanol–water partition coefficient (Wildman–Crippen LogP) is 1.79. The van der Waals surface area contributed by atoms with Crippen LogP contribution in [0.25, 0.3) is 0 Å². The summed E-state index contributed by atoms with van der Waals surface area (Å²) < 4.78 is 1.93. The van der Waals surface area contributed by atoms with Gasteiger partial charge in [0.25, 0.3) is 0 Å². The van der Waals surface area contributed by atoms with E-state index in [1.54, 1.807) is 6.20 Å². The molecule has 0 bridgehead atoms. The lowest BCUT2D eigenvalue weighted by Gasteiger charge is -2.10. The van der Waals surface area contributed by atoms with Gasteiger partial charge < -0.3 is 10.6 Å². The molecule has 5 nitrogen and oxygen atoms in total. The molecule has 0 aliphatic carbocycles. The monoisotopic (exact) mass is 263 g/mol. The Kier molecular flexibility index (Phi) is 8.18. The van der Waals surface area contributed by atoms with Gasteiger partial charge in [0.2, 0.25) is 0 Å². The number of nitrogens with one attached hydrogen (secondary N) is 2. The average molecular weight is 263 g/mol. The average Bonchev–Trinajstić information content (AvgIpc) is 2.92. The summed E-state index contributed by atoms with van der Waals surface area (Å²) in [5.74, 6) is 0.896. The number of hydrogen-bond acceptors (Lipinski definition) is 2. The summed E-state index contributed by atoms with van der Waals surface area (Å²) in [6, 6.07) is 1.94. The van der Waals surface area contributed by atoms with Gasteiger partial charge in [-0.3, -0.25) is 9.67 Å². The van der Waals surface area contributed by atoms with Crippen LogP contribution in [0.15, 0.2) is 35.6 Å². The van der Waals surface area contributed by atoms with Gasteiger partial charge in [-0.05, 0) is 32.8 Å². The quantitative estimate of drug-likeness (QED) is 0.325. The van der Waals surface area contributed by atoms with Crippen molar-refractivity contribution in [3.8, 4) is 0 Å². The van der Waals surface area contributed by atoms with Gasteiger partial charge in [-0.2, -0.15) is 5.10 Å². The summed E-state index contributed by atoms with van der Waals surface area (Å²) in [5.41, 5.74) is 0. The summed E-state index contributed by atoms with van der Waals surface area (Å²) in [4.78, 5) is 4.54. The Morgan fingerprint density at radius 1 is 1.42 bits per heavy atom. The molecule has 1 aromatic rings. The van der Waals surface area contributed by atoms with E-state index in [0.717, 1.165) is 45.0 Å². The van der Waals surface area contributed by atoms with Crippen molar-refractivity contribution in [2.24, 2.45) is 4.99 Å². The minimum absolute atomic E-state index is 0.804. The van der Waals surface area contributed by atoms with Crippen LogP contribution in [0.1, 0.15) is 26.7 Å². The lowest BCUT2D eigenvalue weighted by molar-refractivity contribution is 0.584. The Bertz CT molecular complexity index is 367. The summed E-state index contributed by atoms with van der Waals surface area (Å²) >= 11 is 0. The fourth-order valence-electron chi connectivity index (χ4n) is 1.64. The number of allylic oxidation sites excluding steroid dienone is 1. The van der Waals surface area contributed by atoms with E-state index < -0.39 is 0 Å². The number of guanidine groups is 1. The van der Waals surface area contributed by atoms with Gasteiger partial charge in [0.05, 0.1) is 0 Å². The predicted molar refractivity (Wildman–Crippen MR) is 80.3 cm³/mol. The Morgan fingerprint density at radius 3 is 3.00 bits per heavy atom. The zero-order chi connectivity index (χ0) is 13.8. The van der Waals surface area contributed by atoms with Crippen LogP contribution in [0, 0.1) is 0 Å². The molecule has 0 aliphatic heterocycles. The first-order valence-electron chi connectivity index (χ1n) is 6.97. The van der Waals surface area contributed by atoms with E-state index in [1.807, 2.05) is 23.9 Å². The van der Waals surface area contributed by atoms with Crippen molar-refractivity contribution in [1.29, 1.82) is 0 Å². The van der Waals surface area contributed by atoms with Gasteiger partial charge in [-0.15, -0.1) is 0 Å². The summed E-state index contributed by atoms with van der Waals surface area (Å²) in [6.45, 7) is 7.62. The molecule has 5 heteroatoms. The molecule has 1 rings (SSSR count). The van der Waals surface area contributed by atoms with Crippen LogP contribution in [0.3, 0.4) is 0 Å². The van der Waals surface area contributed by atoms with Crippen molar-refractivity contribution < 1.29 is 0 Å². The Labute approximate surface area is 115 Å². The Hall–Kier alpha value is -1.78. The minimum atomic E-state index is 0.804. The number of aliphatic imine (C=N–C) groups is 1. The molecular weight excluding hydrogens is 238 g/mol. The molecule has 0 aromatic carbocycles. The fourth-order valence-corrected chi connectivity index (χ4v) is 1.64. The second-order valence-corrected chi connectivity index (χ2v) is 4.17. The SMILES string of the molecule is CC=CCCNC(=NCCCn1cccn1)NCC. The van der Waals surface area contributed by atoms with E-state index in [9.17, 15) is 0 Å². The molecular formula is C14H25N5. The molecule has 0 saturated heterocycles. The van der Waals surface area contributed by atoms with E-state index in [2.05, 4.69) is 39.8 Å². The van der Waals surface area contributed by atoms with E-state index in [4.69, 9.17) is 0 Å². The maximum Gasteiger partial charge on any atom is 0.191 e. The molecule has 1 aromatic heterocycles. The third-order valence-corrected chi connectivity index (χ3v) is 2.56. The molecule has 0 saturated carbocycles. The maximum absolute atomic E-state index is 4.54. The number of aromatic nitrogens is 2. The van der Waals surface area contributed by atoms with Crippen LogP contribution < -0.4 is 10.6 Å². The molecule has 0 fully saturated rings. The lowest BCUT2D eigenvalue weighted by Crippen LogP contribution is -2.37. The van der Waals surface area contributed by atoms with Crippen molar-refractivity contribution in [2.45, 2.75) is 33.2 Å². The van der Waals surface area contributed by atoms with E-state index in [0.29, 0.717) is 0 Å². The third-order valence-electron chi connectivity index (χ3n) is 2.56. The number of rotatable bonds is 8. The highest BCUT2D eigenvalue weighted by molar-refractivity contribution is 5.79. The van der Waals surface area contributed by atoms with Crippen LogP contribution in [0.2, 0.25) is 0 Å². The van der Waals surface area contributed by atoms with E-state index >= 15 is 0 Å². The molecule has 0 atom stereocenters. The summed E-state index contributed by atoms with van der Waals surface area (Å²) in [7, 11) is 0. The Balaban J connectivity index is 2.23. The van der Waals surface area contributed by atoms with Crippen LogP contribution in [-0.4, -0.2) is 35.4 Å². The molecule has 0 amide bonds. The standard InChI is InChI=1S/C14H25N5/c1-3-5-6-9-16-14(15-4-2)17-10-7-12-19-13-8-11-18-19/h3,5,8,11,13H,4,6-7,9-10,12H2,1-2H3,(H2,15,16,17). The van der Waals surface area contributed by atoms with Crippen molar-refractivity contribution in [1.82, 2.24) is 20.4 Å². The van der Waals surface area contributed by atoms with Gasteiger partial charge in [0.15, 0.2) is 5.96 Å². The maximum atomic E-state index is 4.54. The second kappa shape index (κ2) is 10.2. The molecule has 19 heavy (non-hydrogen) atoms. The van der Waals surface area contributed by atoms with Crippen molar-refractivity contribution >= 4 is 5.96 Å². The first-order chi connectivity index (χ1) is 9.36. The van der Waals surface area contributed by atoms with Crippen molar-refractivity contribution in [2.75, 3.05) is 19.6 Å². The summed E-state index contributed by atoms with van der Waals surface area (Å²) in [6.07, 6.45) is 10.0. The van der Waals surface area contributed by atoms with Gasteiger partial charge >= 0.3 is 0 Å².